The first-order valence-electron chi connectivity index (χ1n) is 9.74. The van der Waals surface area contributed by atoms with Crippen molar-refractivity contribution in [3.8, 4) is 11.5 Å². The van der Waals surface area contributed by atoms with E-state index in [4.69, 9.17) is 9.47 Å². The molecule has 0 spiro atoms. The number of piperidine rings is 1. The topological polar surface area (TPSA) is 45.3 Å². The predicted molar refractivity (Wildman–Crippen MR) is 102 cm³/mol. The van der Waals surface area contributed by atoms with Gasteiger partial charge < -0.3 is 14.4 Å². The number of carbonyl (C=O) groups excluding carboxylic acids is 1. The molecule has 2 aliphatic heterocycles. The number of ether oxygens (including phenoxy) is 2. The van der Waals surface area contributed by atoms with Crippen LogP contribution in [-0.2, 0) is 4.79 Å². The van der Waals surface area contributed by atoms with Gasteiger partial charge >= 0.3 is 0 Å². The smallest absolute Gasteiger partial charge is 0.236 e. The van der Waals surface area contributed by atoms with Gasteiger partial charge in [-0.25, -0.2) is 0 Å². The molecular weight excluding hydrogens is 330 g/mol. The van der Waals surface area contributed by atoms with E-state index in [2.05, 4.69) is 9.80 Å². The minimum Gasteiger partial charge on any atom is -0.497 e. The van der Waals surface area contributed by atoms with Gasteiger partial charge in [0, 0.05) is 45.8 Å². The van der Waals surface area contributed by atoms with Crippen LogP contribution in [0.15, 0.2) is 24.3 Å². The van der Waals surface area contributed by atoms with Crippen molar-refractivity contribution in [1.82, 2.24) is 14.7 Å². The first-order chi connectivity index (χ1) is 12.7. The van der Waals surface area contributed by atoms with E-state index >= 15 is 0 Å². The summed E-state index contributed by atoms with van der Waals surface area (Å²) in [6, 6.07) is 7.69. The highest BCUT2D eigenvalue weighted by Gasteiger charge is 2.22. The number of hydrogen-bond donors (Lipinski definition) is 0. The molecule has 1 aromatic rings. The zero-order chi connectivity index (χ0) is 18.2. The first-order valence-corrected chi connectivity index (χ1v) is 9.74. The normalized spacial score (nSPS) is 19.3. The number of nitrogens with zero attached hydrogens (tertiary/aromatic N) is 3. The monoisotopic (exact) mass is 361 g/mol. The molecule has 2 saturated heterocycles. The van der Waals surface area contributed by atoms with Crippen LogP contribution in [-0.4, -0.2) is 86.7 Å². The Morgan fingerprint density at radius 2 is 1.50 bits per heavy atom. The summed E-state index contributed by atoms with van der Waals surface area (Å²) in [6.07, 6.45) is 3.59. The lowest BCUT2D eigenvalue weighted by Gasteiger charge is -2.36. The summed E-state index contributed by atoms with van der Waals surface area (Å²) in [7, 11) is 1.66. The minimum atomic E-state index is 0.306. The third kappa shape index (κ3) is 5.61. The fraction of sp³-hybridized carbons (Fsp3) is 0.650. The van der Waals surface area contributed by atoms with Crippen LogP contribution in [0.3, 0.4) is 0 Å². The summed E-state index contributed by atoms with van der Waals surface area (Å²) < 4.78 is 11.0. The number of carbonyl (C=O) groups is 1. The van der Waals surface area contributed by atoms with Crippen molar-refractivity contribution in [3.05, 3.63) is 24.3 Å². The van der Waals surface area contributed by atoms with Gasteiger partial charge in [-0.15, -0.1) is 0 Å². The fourth-order valence-corrected chi connectivity index (χ4v) is 3.57. The zero-order valence-electron chi connectivity index (χ0n) is 15.9. The second-order valence-corrected chi connectivity index (χ2v) is 7.08. The number of benzene rings is 1. The molecule has 2 fully saturated rings. The van der Waals surface area contributed by atoms with E-state index in [9.17, 15) is 4.79 Å². The number of methoxy groups -OCH3 is 1. The van der Waals surface area contributed by atoms with Crippen LogP contribution >= 0.6 is 0 Å². The summed E-state index contributed by atoms with van der Waals surface area (Å²) in [4.78, 5) is 19.1. The highest BCUT2D eigenvalue weighted by atomic mass is 16.5. The Kier molecular flexibility index (Phi) is 7.14. The Balaban J connectivity index is 1.31. The molecule has 2 aliphatic rings. The quantitative estimate of drug-likeness (QED) is 0.740. The maximum atomic E-state index is 12.4. The van der Waals surface area contributed by atoms with Gasteiger partial charge in [0.15, 0.2) is 0 Å². The van der Waals surface area contributed by atoms with Crippen LogP contribution in [0, 0.1) is 0 Å². The van der Waals surface area contributed by atoms with E-state index in [1.165, 1.54) is 6.42 Å². The van der Waals surface area contributed by atoms with Crippen molar-refractivity contribution in [2.45, 2.75) is 19.3 Å². The van der Waals surface area contributed by atoms with Gasteiger partial charge in [-0.2, -0.15) is 0 Å². The number of hydrogen-bond acceptors (Lipinski definition) is 5. The number of rotatable bonds is 7. The SMILES string of the molecule is COc1ccc(OCCN2CCN(CC(=O)N3CCCCC3)CC2)cc1. The molecular formula is C20H31N3O3. The summed E-state index contributed by atoms with van der Waals surface area (Å²) >= 11 is 0. The average molecular weight is 361 g/mol. The van der Waals surface area contributed by atoms with E-state index < -0.39 is 0 Å². The van der Waals surface area contributed by atoms with Crippen molar-refractivity contribution in [2.24, 2.45) is 0 Å². The first kappa shape index (κ1) is 19.0. The lowest BCUT2D eigenvalue weighted by atomic mass is 10.1. The highest BCUT2D eigenvalue weighted by molar-refractivity contribution is 5.78. The molecule has 3 rings (SSSR count). The van der Waals surface area contributed by atoms with Crippen LogP contribution < -0.4 is 9.47 Å². The maximum Gasteiger partial charge on any atom is 0.236 e. The molecule has 0 aliphatic carbocycles. The summed E-state index contributed by atoms with van der Waals surface area (Å²) in [5.74, 6) is 2.02. The van der Waals surface area contributed by atoms with E-state index in [1.807, 2.05) is 29.2 Å². The number of piperazine rings is 1. The maximum absolute atomic E-state index is 12.4. The van der Waals surface area contributed by atoms with Gasteiger partial charge in [-0.3, -0.25) is 14.6 Å². The zero-order valence-corrected chi connectivity index (χ0v) is 15.9. The number of likely N-dealkylation sites (tertiary alicyclic amines) is 1. The van der Waals surface area contributed by atoms with Gasteiger partial charge in [0.05, 0.1) is 13.7 Å². The predicted octanol–water partition coefficient (Wildman–Crippen LogP) is 1.70. The molecule has 2 heterocycles. The van der Waals surface area contributed by atoms with Crippen LogP contribution in [0.5, 0.6) is 11.5 Å². The van der Waals surface area contributed by atoms with Crippen molar-refractivity contribution in [3.63, 3.8) is 0 Å². The van der Waals surface area contributed by atoms with Crippen molar-refractivity contribution < 1.29 is 14.3 Å². The number of amides is 1. The molecule has 0 radical (unpaired) electrons. The lowest BCUT2D eigenvalue weighted by Crippen LogP contribution is -2.51. The Labute approximate surface area is 156 Å². The van der Waals surface area contributed by atoms with Crippen LogP contribution in [0.2, 0.25) is 0 Å². The molecule has 0 atom stereocenters. The Hall–Kier alpha value is -1.79. The van der Waals surface area contributed by atoms with E-state index in [0.29, 0.717) is 19.1 Å². The Bertz CT molecular complexity index is 550. The highest BCUT2D eigenvalue weighted by Crippen LogP contribution is 2.17. The largest absolute Gasteiger partial charge is 0.497 e. The molecule has 1 aromatic carbocycles. The molecule has 26 heavy (non-hydrogen) atoms. The molecule has 1 amide bonds. The van der Waals surface area contributed by atoms with Gasteiger partial charge in [-0.05, 0) is 43.5 Å². The second-order valence-electron chi connectivity index (χ2n) is 7.08. The molecule has 0 unspecified atom stereocenters. The average Bonchev–Trinajstić information content (AvgIpc) is 2.70. The standard InChI is InChI=1S/C20H31N3O3/c1-25-18-5-7-19(8-6-18)26-16-15-21-11-13-22(14-12-21)17-20(24)23-9-3-2-4-10-23/h5-8H,2-4,9-17H2,1H3. The van der Waals surface area contributed by atoms with E-state index in [-0.39, 0.29) is 0 Å². The Morgan fingerprint density at radius 3 is 2.15 bits per heavy atom. The molecule has 0 saturated carbocycles. The van der Waals surface area contributed by atoms with Crippen molar-refractivity contribution in [1.29, 1.82) is 0 Å². The third-order valence-corrected chi connectivity index (χ3v) is 5.27. The Morgan fingerprint density at radius 1 is 0.885 bits per heavy atom. The second kappa shape index (κ2) is 9.78. The lowest BCUT2D eigenvalue weighted by molar-refractivity contribution is -0.133. The van der Waals surface area contributed by atoms with Gasteiger partial charge in [0.25, 0.3) is 0 Å². The minimum absolute atomic E-state index is 0.306. The summed E-state index contributed by atoms with van der Waals surface area (Å²) in [6.45, 7) is 7.99. The van der Waals surface area contributed by atoms with Crippen LogP contribution in [0.25, 0.3) is 0 Å². The third-order valence-electron chi connectivity index (χ3n) is 5.27. The molecule has 0 bridgehead atoms. The van der Waals surface area contributed by atoms with E-state index in [1.54, 1.807) is 7.11 Å². The molecule has 0 N–H and O–H groups in total. The summed E-state index contributed by atoms with van der Waals surface area (Å²) in [5.41, 5.74) is 0. The molecule has 0 aromatic heterocycles. The van der Waals surface area contributed by atoms with Crippen molar-refractivity contribution in [2.75, 3.05) is 66.1 Å². The van der Waals surface area contributed by atoms with Crippen LogP contribution in [0.1, 0.15) is 19.3 Å². The van der Waals surface area contributed by atoms with Gasteiger partial charge in [0.2, 0.25) is 5.91 Å². The molecule has 144 valence electrons. The van der Waals surface area contributed by atoms with Crippen molar-refractivity contribution >= 4 is 5.91 Å². The van der Waals surface area contributed by atoms with Gasteiger partial charge in [-0.1, -0.05) is 0 Å². The molecule has 6 nitrogen and oxygen atoms in total. The van der Waals surface area contributed by atoms with Crippen LogP contribution in [0.4, 0.5) is 0 Å². The van der Waals surface area contributed by atoms with Gasteiger partial charge in [0.1, 0.15) is 18.1 Å². The molecule has 6 heteroatoms. The fourth-order valence-electron chi connectivity index (χ4n) is 3.57. The summed E-state index contributed by atoms with van der Waals surface area (Å²) in [5, 5.41) is 0. The van der Waals surface area contributed by atoms with E-state index in [0.717, 1.165) is 70.2 Å².